The molecule has 2 aliphatic rings. The van der Waals surface area contributed by atoms with Crippen LogP contribution in [-0.4, -0.2) is 60.1 Å². The molecule has 8 heteroatoms. The summed E-state index contributed by atoms with van der Waals surface area (Å²) in [5.74, 6) is 0.168. The van der Waals surface area contributed by atoms with Crippen LogP contribution in [0.25, 0.3) is 0 Å². The number of likely N-dealkylation sites (N-methyl/N-ethyl adjacent to an activating group) is 1. The van der Waals surface area contributed by atoms with Crippen LogP contribution in [0.1, 0.15) is 49.9 Å². The highest BCUT2D eigenvalue weighted by atomic mass is 16.2. The second-order valence-corrected chi connectivity index (χ2v) is 8.55. The van der Waals surface area contributed by atoms with E-state index in [9.17, 15) is 9.59 Å². The number of carbonyl (C=O) groups is 2. The van der Waals surface area contributed by atoms with Gasteiger partial charge in [0, 0.05) is 24.8 Å². The minimum Gasteiger partial charge on any atom is -0.337 e. The van der Waals surface area contributed by atoms with Crippen LogP contribution in [0.4, 0.5) is 22.0 Å². The summed E-state index contributed by atoms with van der Waals surface area (Å²) in [7, 11) is 0. The number of pyridine rings is 1. The maximum absolute atomic E-state index is 13.4. The van der Waals surface area contributed by atoms with Crippen LogP contribution in [0.5, 0.6) is 0 Å². The van der Waals surface area contributed by atoms with E-state index in [-0.39, 0.29) is 11.9 Å². The van der Waals surface area contributed by atoms with Gasteiger partial charge in [-0.3, -0.25) is 9.69 Å². The minimum atomic E-state index is -0.285. The van der Waals surface area contributed by atoms with Crippen LogP contribution in [0.2, 0.25) is 0 Å². The molecule has 0 spiro atoms. The molecule has 0 radical (unpaired) electrons. The largest absolute Gasteiger partial charge is 0.337 e. The van der Waals surface area contributed by atoms with E-state index in [4.69, 9.17) is 0 Å². The Hall–Kier alpha value is -2.97. The lowest BCUT2D eigenvalue weighted by Crippen LogP contribution is -2.50. The Morgan fingerprint density at radius 2 is 2.00 bits per heavy atom. The van der Waals surface area contributed by atoms with Gasteiger partial charge in [0.15, 0.2) is 5.82 Å². The number of carbonyl (C=O) groups excluding carboxylic acids is 2. The zero-order chi connectivity index (χ0) is 23.2. The minimum absolute atomic E-state index is 0.250. The third-order valence-electron chi connectivity index (χ3n) is 6.65. The lowest BCUT2D eigenvalue weighted by Gasteiger charge is -2.35. The average Bonchev–Trinajstić information content (AvgIpc) is 3.13. The summed E-state index contributed by atoms with van der Waals surface area (Å²) in [6, 6.07) is 11.1. The number of nitrogens with one attached hydrogen (secondary N) is 3. The summed E-state index contributed by atoms with van der Waals surface area (Å²) in [5, 5.41) is 9.67. The predicted octanol–water partition coefficient (Wildman–Crippen LogP) is 3.74. The van der Waals surface area contributed by atoms with Crippen LogP contribution in [0.15, 0.2) is 42.6 Å². The van der Waals surface area contributed by atoms with E-state index in [0.717, 1.165) is 26.1 Å². The average molecular weight is 451 g/mol. The molecule has 33 heavy (non-hydrogen) atoms. The molecule has 1 aromatic heterocycles. The molecule has 3 amide bonds. The molecular weight excluding hydrogens is 416 g/mol. The molecule has 8 nitrogen and oxygen atoms in total. The maximum atomic E-state index is 13.4. The zero-order valence-electron chi connectivity index (χ0n) is 19.5. The van der Waals surface area contributed by atoms with Gasteiger partial charge in [0.2, 0.25) is 0 Å². The number of rotatable bonds is 6. The Kier molecular flexibility index (Phi) is 7.57. The van der Waals surface area contributed by atoms with E-state index in [2.05, 4.69) is 39.7 Å². The van der Waals surface area contributed by atoms with Gasteiger partial charge in [-0.2, -0.15) is 0 Å². The highest BCUT2D eigenvalue weighted by Gasteiger charge is 2.31. The molecule has 2 atom stereocenters. The number of fused-ring (bicyclic) bond motifs is 2. The SMILES string of the molecule is CCN(CC)C1CCCCNC1CCNC(=O)N1c2ccccc2C(=O)Nc2cccnc21. The molecule has 2 unspecified atom stereocenters. The summed E-state index contributed by atoms with van der Waals surface area (Å²) < 4.78 is 0. The summed E-state index contributed by atoms with van der Waals surface area (Å²) in [4.78, 5) is 34.6. The number of anilines is 3. The standard InChI is InChI=1S/C25H34N6O2/c1-3-30(4-2)22-13-7-8-15-26-19(22)14-17-28-25(33)31-21-12-6-5-10-18(21)24(32)29-20-11-9-16-27-23(20)31/h5-6,9-12,16,19,22,26H,3-4,7-8,13-15,17H2,1-2H3,(H,28,33)(H,29,32). The lowest BCUT2D eigenvalue weighted by atomic mass is 9.99. The molecule has 4 rings (SSSR count). The number of aromatic nitrogens is 1. The van der Waals surface area contributed by atoms with Crippen LogP contribution in [0.3, 0.4) is 0 Å². The molecule has 1 aromatic carbocycles. The first kappa shape index (κ1) is 23.2. The van der Waals surface area contributed by atoms with Gasteiger partial charge in [0.05, 0.1) is 16.9 Å². The zero-order valence-corrected chi connectivity index (χ0v) is 19.5. The molecule has 3 heterocycles. The second kappa shape index (κ2) is 10.8. The molecule has 0 bridgehead atoms. The Morgan fingerprint density at radius 1 is 1.18 bits per heavy atom. The summed E-state index contributed by atoms with van der Waals surface area (Å²) in [6.07, 6.45) is 6.07. The fourth-order valence-corrected chi connectivity index (χ4v) is 4.98. The molecule has 1 saturated heterocycles. The van der Waals surface area contributed by atoms with Gasteiger partial charge >= 0.3 is 6.03 Å². The predicted molar refractivity (Wildman–Crippen MR) is 131 cm³/mol. The Morgan fingerprint density at radius 3 is 2.82 bits per heavy atom. The molecule has 1 fully saturated rings. The lowest BCUT2D eigenvalue weighted by molar-refractivity contribution is 0.102. The number of amides is 3. The van der Waals surface area contributed by atoms with Gasteiger partial charge in [-0.05, 0) is 63.2 Å². The number of urea groups is 1. The van der Waals surface area contributed by atoms with E-state index < -0.39 is 0 Å². The maximum Gasteiger partial charge on any atom is 0.327 e. The molecule has 2 aromatic rings. The first-order valence-electron chi connectivity index (χ1n) is 12.0. The smallest absolute Gasteiger partial charge is 0.327 e. The van der Waals surface area contributed by atoms with Crippen molar-refractivity contribution >= 4 is 29.1 Å². The van der Waals surface area contributed by atoms with Crippen molar-refractivity contribution in [3.8, 4) is 0 Å². The number of nitrogens with zero attached hydrogens (tertiary/aromatic N) is 3. The summed E-state index contributed by atoms with van der Waals surface area (Å²) in [6.45, 7) is 8.03. The molecule has 0 aliphatic carbocycles. The summed E-state index contributed by atoms with van der Waals surface area (Å²) >= 11 is 0. The fourth-order valence-electron chi connectivity index (χ4n) is 4.98. The number of para-hydroxylation sites is 1. The Balaban J connectivity index is 1.51. The van der Waals surface area contributed by atoms with Gasteiger partial charge in [-0.1, -0.05) is 32.4 Å². The first-order valence-corrected chi connectivity index (χ1v) is 12.0. The summed E-state index contributed by atoms with van der Waals surface area (Å²) in [5.41, 5.74) is 1.48. The van der Waals surface area contributed by atoms with E-state index in [1.165, 1.54) is 24.2 Å². The third-order valence-corrected chi connectivity index (χ3v) is 6.65. The van der Waals surface area contributed by atoms with Gasteiger partial charge in [0.1, 0.15) is 0 Å². The van der Waals surface area contributed by atoms with Crippen molar-refractivity contribution in [3.63, 3.8) is 0 Å². The van der Waals surface area contributed by atoms with E-state index in [1.807, 2.05) is 6.07 Å². The number of hydrogen-bond donors (Lipinski definition) is 3. The normalized spacial score (nSPS) is 20.3. The molecule has 2 aliphatic heterocycles. The monoisotopic (exact) mass is 450 g/mol. The molecule has 0 saturated carbocycles. The number of hydrogen-bond acceptors (Lipinski definition) is 5. The second-order valence-electron chi connectivity index (χ2n) is 8.55. The number of benzene rings is 1. The molecule has 176 valence electrons. The first-order chi connectivity index (χ1) is 16.1. The Bertz CT molecular complexity index is 977. The van der Waals surface area contributed by atoms with Crippen molar-refractivity contribution in [1.29, 1.82) is 0 Å². The highest BCUT2D eigenvalue weighted by molar-refractivity contribution is 6.16. The van der Waals surface area contributed by atoms with Crippen LogP contribution in [0, 0.1) is 0 Å². The van der Waals surface area contributed by atoms with Crippen LogP contribution in [-0.2, 0) is 0 Å². The van der Waals surface area contributed by atoms with E-state index in [0.29, 0.717) is 41.4 Å². The highest BCUT2D eigenvalue weighted by Crippen LogP contribution is 2.36. The molecule has 3 N–H and O–H groups in total. The van der Waals surface area contributed by atoms with Crippen molar-refractivity contribution in [2.75, 3.05) is 36.4 Å². The van der Waals surface area contributed by atoms with Crippen molar-refractivity contribution in [1.82, 2.24) is 20.5 Å². The Labute approximate surface area is 195 Å². The van der Waals surface area contributed by atoms with Gasteiger partial charge in [-0.25, -0.2) is 14.7 Å². The van der Waals surface area contributed by atoms with Crippen LogP contribution >= 0.6 is 0 Å². The quantitative estimate of drug-likeness (QED) is 0.624. The van der Waals surface area contributed by atoms with Gasteiger partial charge in [-0.15, -0.1) is 0 Å². The van der Waals surface area contributed by atoms with Crippen molar-refractivity contribution in [2.45, 2.75) is 51.6 Å². The van der Waals surface area contributed by atoms with Gasteiger partial charge in [0.25, 0.3) is 5.91 Å². The van der Waals surface area contributed by atoms with Gasteiger partial charge < -0.3 is 16.0 Å². The van der Waals surface area contributed by atoms with Crippen molar-refractivity contribution in [2.24, 2.45) is 0 Å². The van der Waals surface area contributed by atoms with E-state index >= 15 is 0 Å². The fraction of sp³-hybridized carbons (Fsp3) is 0.480. The molecular formula is C25H34N6O2. The van der Waals surface area contributed by atoms with Crippen molar-refractivity contribution in [3.05, 3.63) is 48.2 Å². The van der Waals surface area contributed by atoms with Crippen molar-refractivity contribution < 1.29 is 9.59 Å². The van der Waals surface area contributed by atoms with Crippen LogP contribution < -0.4 is 20.9 Å². The van der Waals surface area contributed by atoms with E-state index in [1.54, 1.807) is 36.5 Å². The third kappa shape index (κ3) is 5.02. The topological polar surface area (TPSA) is 89.6 Å².